The number of carbonyl (C=O) groups excluding carboxylic acids is 1. The summed E-state index contributed by atoms with van der Waals surface area (Å²) in [5.41, 5.74) is 0. The van der Waals surface area contributed by atoms with Gasteiger partial charge in [0.05, 0.1) is 0 Å². The minimum Gasteiger partial charge on any atom is -0.356 e. The van der Waals surface area contributed by atoms with Gasteiger partial charge in [-0.1, -0.05) is 13.3 Å². The molecule has 0 aromatic carbocycles. The second-order valence-corrected chi connectivity index (χ2v) is 2.21. The largest absolute Gasteiger partial charge is 0.356 e. The van der Waals surface area contributed by atoms with Crippen LogP contribution in [0.5, 0.6) is 0 Å². The van der Waals surface area contributed by atoms with Crippen LogP contribution in [-0.4, -0.2) is 12.5 Å². The minimum atomic E-state index is 0.0251. The lowest BCUT2D eigenvalue weighted by Crippen LogP contribution is -2.25. The molecule has 0 saturated heterocycles. The Hall–Kier alpha value is -0.530. The van der Waals surface area contributed by atoms with Crippen molar-refractivity contribution in [2.75, 3.05) is 6.54 Å². The summed E-state index contributed by atoms with van der Waals surface area (Å²) < 4.78 is 0. The third-order valence-corrected chi connectivity index (χ3v) is 1.22. The Kier molecular flexibility index (Phi) is 4.10. The molecule has 0 bridgehead atoms. The third-order valence-electron chi connectivity index (χ3n) is 1.22. The van der Waals surface area contributed by atoms with Gasteiger partial charge < -0.3 is 5.32 Å². The van der Waals surface area contributed by atoms with Crippen LogP contribution >= 0.6 is 0 Å². The molecule has 0 aliphatic rings. The molecule has 0 fully saturated rings. The van der Waals surface area contributed by atoms with Crippen molar-refractivity contribution < 1.29 is 4.79 Å². The topological polar surface area (TPSA) is 29.1 Å². The number of rotatable bonds is 3. The zero-order valence-corrected chi connectivity index (χ0v) is 6.11. The summed E-state index contributed by atoms with van der Waals surface area (Å²) >= 11 is 0. The third kappa shape index (κ3) is 5.34. The Labute approximate surface area is 56.6 Å². The van der Waals surface area contributed by atoms with Crippen LogP contribution in [0.4, 0.5) is 0 Å². The smallest absolute Gasteiger partial charge is 0.216 e. The highest BCUT2D eigenvalue weighted by Crippen LogP contribution is 1.95. The molecular weight excluding hydrogens is 114 g/mol. The van der Waals surface area contributed by atoms with Crippen molar-refractivity contribution in [3.8, 4) is 0 Å². The van der Waals surface area contributed by atoms with E-state index in [-0.39, 0.29) is 5.91 Å². The second kappa shape index (κ2) is 4.36. The Morgan fingerprint density at radius 1 is 1.78 bits per heavy atom. The molecular formula is C7H14NO. The Balaban J connectivity index is 3.16. The van der Waals surface area contributed by atoms with E-state index in [1.54, 1.807) is 0 Å². The van der Waals surface area contributed by atoms with Gasteiger partial charge in [-0.05, 0) is 12.8 Å². The van der Waals surface area contributed by atoms with E-state index in [1.807, 2.05) is 0 Å². The second-order valence-electron chi connectivity index (χ2n) is 2.21. The zero-order valence-electron chi connectivity index (χ0n) is 6.11. The van der Waals surface area contributed by atoms with Crippen LogP contribution in [0.25, 0.3) is 0 Å². The van der Waals surface area contributed by atoms with E-state index in [0.29, 0.717) is 12.5 Å². The molecule has 0 aliphatic carbocycles. The van der Waals surface area contributed by atoms with E-state index in [9.17, 15) is 4.79 Å². The van der Waals surface area contributed by atoms with Crippen LogP contribution < -0.4 is 5.32 Å². The first-order valence-electron chi connectivity index (χ1n) is 3.24. The summed E-state index contributed by atoms with van der Waals surface area (Å²) in [4.78, 5) is 10.3. The molecule has 9 heavy (non-hydrogen) atoms. The van der Waals surface area contributed by atoms with Gasteiger partial charge in [0.15, 0.2) is 0 Å². The summed E-state index contributed by atoms with van der Waals surface area (Å²) in [5, 5.41) is 2.69. The lowest BCUT2D eigenvalue weighted by molar-refractivity contribution is -0.119. The molecule has 1 amide bonds. The van der Waals surface area contributed by atoms with E-state index in [0.717, 1.165) is 6.42 Å². The molecule has 1 unspecified atom stereocenters. The van der Waals surface area contributed by atoms with Crippen LogP contribution in [0.2, 0.25) is 0 Å². The van der Waals surface area contributed by atoms with Crippen LogP contribution in [-0.2, 0) is 4.79 Å². The lowest BCUT2D eigenvalue weighted by atomic mass is 10.1. The first-order valence-corrected chi connectivity index (χ1v) is 3.24. The fourth-order valence-electron chi connectivity index (χ4n) is 0.432. The van der Waals surface area contributed by atoms with Gasteiger partial charge in [-0.2, -0.15) is 0 Å². The molecule has 1 atom stereocenters. The highest BCUT2D eigenvalue weighted by atomic mass is 16.1. The quantitative estimate of drug-likeness (QED) is 0.603. The molecule has 1 N–H and O–H groups in total. The molecule has 2 heteroatoms. The van der Waals surface area contributed by atoms with E-state index in [2.05, 4.69) is 19.2 Å². The maximum absolute atomic E-state index is 10.3. The summed E-state index contributed by atoms with van der Waals surface area (Å²) in [6.07, 6.45) is 1.01. The molecule has 53 valence electrons. The van der Waals surface area contributed by atoms with Crippen molar-refractivity contribution in [3.05, 3.63) is 6.92 Å². The van der Waals surface area contributed by atoms with Gasteiger partial charge in [-0.3, -0.25) is 4.79 Å². The van der Waals surface area contributed by atoms with Crippen LogP contribution in [0.1, 0.15) is 20.3 Å². The van der Waals surface area contributed by atoms with Gasteiger partial charge >= 0.3 is 0 Å². The van der Waals surface area contributed by atoms with Gasteiger partial charge in [0.1, 0.15) is 0 Å². The maximum atomic E-state index is 10.3. The molecule has 0 aromatic rings. The number of hydrogen-bond acceptors (Lipinski definition) is 1. The molecule has 0 aliphatic heterocycles. The molecule has 0 spiro atoms. The average Bonchev–Trinajstić information content (AvgIpc) is 1.83. The standard InChI is InChI=1S/C7H14NO/c1-4-6(2)5-8-7(3)9/h6H,2,4-5H2,1,3H3,(H,8,9). The van der Waals surface area contributed by atoms with Gasteiger partial charge in [0, 0.05) is 13.5 Å². The minimum absolute atomic E-state index is 0.0251. The van der Waals surface area contributed by atoms with Crippen LogP contribution in [0.15, 0.2) is 0 Å². The van der Waals surface area contributed by atoms with E-state index < -0.39 is 0 Å². The maximum Gasteiger partial charge on any atom is 0.216 e. The lowest BCUT2D eigenvalue weighted by Gasteiger charge is -2.06. The molecule has 0 rings (SSSR count). The first kappa shape index (κ1) is 8.47. The number of nitrogens with one attached hydrogen (secondary N) is 1. The number of hydrogen-bond donors (Lipinski definition) is 1. The van der Waals surface area contributed by atoms with Gasteiger partial charge in [-0.15, -0.1) is 0 Å². The predicted octanol–water partition coefficient (Wildman–Crippen LogP) is 0.983. The van der Waals surface area contributed by atoms with Crippen molar-refractivity contribution in [1.29, 1.82) is 0 Å². The van der Waals surface area contributed by atoms with Crippen LogP contribution in [0, 0.1) is 12.8 Å². The fraction of sp³-hybridized carbons (Fsp3) is 0.714. The first-order chi connectivity index (χ1) is 4.16. The summed E-state index contributed by atoms with van der Waals surface area (Å²) in [6.45, 7) is 8.09. The Morgan fingerprint density at radius 3 is 2.67 bits per heavy atom. The van der Waals surface area contributed by atoms with Crippen molar-refractivity contribution >= 4 is 5.91 Å². The van der Waals surface area contributed by atoms with Crippen molar-refractivity contribution in [2.45, 2.75) is 20.3 Å². The van der Waals surface area contributed by atoms with E-state index >= 15 is 0 Å². The van der Waals surface area contributed by atoms with Gasteiger partial charge in [0.25, 0.3) is 0 Å². The molecule has 2 nitrogen and oxygen atoms in total. The highest BCUT2D eigenvalue weighted by Gasteiger charge is 1.97. The normalized spacial score (nSPS) is 12.8. The Morgan fingerprint density at radius 2 is 2.33 bits per heavy atom. The predicted molar refractivity (Wildman–Crippen MR) is 37.8 cm³/mol. The van der Waals surface area contributed by atoms with E-state index in [1.165, 1.54) is 6.92 Å². The molecule has 0 saturated carbocycles. The monoisotopic (exact) mass is 128 g/mol. The molecule has 0 heterocycles. The summed E-state index contributed by atoms with van der Waals surface area (Å²) in [6, 6.07) is 0. The SMILES string of the molecule is [CH2]C(CC)CNC(C)=O. The molecule has 0 aromatic heterocycles. The van der Waals surface area contributed by atoms with Gasteiger partial charge in [0.2, 0.25) is 5.91 Å². The van der Waals surface area contributed by atoms with Crippen molar-refractivity contribution in [1.82, 2.24) is 5.32 Å². The van der Waals surface area contributed by atoms with Gasteiger partial charge in [-0.25, -0.2) is 0 Å². The van der Waals surface area contributed by atoms with Crippen molar-refractivity contribution in [3.63, 3.8) is 0 Å². The van der Waals surface area contributed by atoms with Crippen LogP contribution in [0.3, 0.4) is 0 Å². The number of carbonyl (C=O) groups is 1. The average molecular weight is 128 g/mol. The highest BCUT2D eigenvalue weighted by molar-refractivity contribution is 5.72. The van der Waals surface area contributed by atoms with E-state index in [4.69, 9.17) is 0 Å². The number of amides is 1. The summed E-state index contributed by atoms with van der Waals surface area (Å²) in [7, 11) is 0. The zero-order chi connectivity index (χ0) is 7.28. The summed E-state index contributed by atoms with van der Waals surface area (Å²) in [5.74, 6) is 0.381. The van der Waals surface area contributed by atoms with Crippen molar-refractivity contribution in [2.24, 2.45) is 5.92 Å². The molecule has 1 radical (unpaired) electrons. The fourth-order valence-corrected chi connectivity index (χ4v) is 0.432. The Bertz CT molecular complexity index is 90.9.